The van der Waals surface area contributed by atoms with Gasteiger partial charge in [-0.1, -0.05) is 12.1 Å². The Bertz CT molecular complexity index is 490. The molecule has 0 bridgehead atoms. The first kappa shape index (κ1) is 10.5. The summed E-state index contributed by atoms with van der Waals surface area (Å²) in [4.78, 5) is 6.74. The fourth-order valence-corrected chi connectivity index (χ4v) is 1.36. The molecule has 0 saturated heterocycles. The molecule has 0 unspecified atom stereocenters. The van der Waals surface area contributed by atoms with E-state index in [4.69, 9.17) is 0 Å². The summed E-state index contributed by atoms with van der Waals surface area (Å²) in [5.74, 6) is -1.08. The Kier molecular flexibility index (Phi) is 3.10. The lowest BCUT2D eigenvalue weighted by molar-refractivity contribution is 0.575. The van der Waals surface area contributed by atoms with Crippen LogP contribution < -0.4 is 0 Å². The normalized spacial score (nSPS) is 11.1. The molecule has 0 aliphatic heterocycles. The topological polar surface area (TPSA) is 28.7 Å². The molecule has 0 saturated carbocycles. The Labute approximate surface area is 91.7 Å². The molecular formula is C12H10F2N2. The molecule has 2 aromatic rings. The van der Waals surface area contributed by atoms with Crippen LogP contribution in [0.1, 0.15) is 11.3 Å². The largest absolute Gasteiger partial charge is 0.345 e. The molecule has 1 aromatic heterocycles. The Balaban J connectivity index is 2.05. The van der Waals surface area contributed by atoms with Gasteiger partial charge in [-0.2, -0.15) is 0 Å². The molecule has 1 aromatic carbocycles. The number of nitrogens with one attached hydrogen (secondary N) is 1. The minimum absolute atomic E-state index is 0.422. The number of rotatable bonds is 3. The van der Waals surface area contributed by atoms with Crippen LogP contribution in [0.5, 0.6) is 0 Å². The number of allylic oxidation sites excluding steroid dienone is 1. The number of aromatic nitrogens is 2. The van der Waals surface area contributed by atoms with Gasteiger partial charge in [-0.15, -0.1) is 0 Å². The summed E-state index contributed by atoms with van der Waals surface area (Å²) in [5, 5.41) is 0. The molecule has 0 atom stereocenters. The van der Waals surface area contributed by atoms with Crippen molar-refractivity contribution in [1.82, 2.24) is 9.97 Å². The van der Waals surface area contributed by atoms with Crippen molar-refractivity contribution in [3.05, 3.63) is 59.7 Å². The third kappa shape index (κ3) is 2.53. The standard InChI is InChI=1S/C12H10F2N2/c13-10-5-4-9(12(14)6-10)2-1-3-11-7-15-8-16-11/h1,3-8H,2H2,(H,15,16)/b3-1+. The van der Waals surface area contributed by atoms with E-state index in [2.05, 4.69) is 9.97 Å². The highest BCUT2D eigenvalue weighted by atomic mass is 19.1. The number of halogens is 2. The van der Waals surface area contributed by atoms with E-state index < -0.39 is 11.6 Å². The molecule has 0 amide bonds. The van der Waals surface area contributed by atoms with Crippen molar-refractivity contribution >= 4 is 6.08 Å². The monoisotopic (exact) mass is 220 g/mol. The number of nitrogens with zero attached hydrogens (tertiary/aromatic N) is 1. The predicted octanol–water partition coefficient (Wildman–Crippen LogP) is 2.94. The zero-order valence-corrected chi connectivity index (χ0v) is 8.45. The van der Waals surface area contributed by atoms with Gasteiger partial charge in [0.25, 0.3) is 0 Å². The van der Waals surface area contributed by atoms with E-state index in [0.717, 1.165) is 11.8 Å². The third-order valence-corrected chi connectivity index (χ3v) is 2.17. The van der Waals surface area contributed by atoms with Crippen LogP contribution in [-0.2, 0) is 6.42 Å². The minimum atomic E-state index is -0.557. The van der Waals surface area contributed by atoms with E-state index in [-0.39, 0.29) is 0 Å². The molecule has 1 heterocycles. The lowest BCUT2D eigenvalue weighted by Gasteiger charge is -1.98. The smallest absolute Gasteiger partial charge is 0.129 e. The molecule has 82 valence electrons. The summed E-state index contributed by atoms with van der Waals surface area (Å²) in [7, 11) is 0. The minimum Gasteiger partial charge on any atom is -0.345 e. The molecule has 2 rings (SSSR count). The Hall–Kier alpha value is -1.97. The Morgan fingerprint density at radius 2 is 2.19 bits per heavy atom. The number of benzene rings is 1. The second-order valence-electron chi connectivity index (χ2n) is 3.35. The number of H-pyrrole nitrogens is 1. The SMILES string of the molecule is Fc1ccc(C/C=C/c2cnc[nH]2)c(F)c1. The van der Waals surface area contributed by atoms with Gasteiger partial charge in [-0.25, -0.2) is 13.8 Å². The second kappa shape index (κ2) is 4.70. The van der Waals surface area contributed by atoms with E-state index >= 15 is 0 Å². The summed E-state index contributed by atoms with van der Waals surface area (Å²) in [6.07, 6.45) is 7.25. The summed E-state index contributed by atoms with van der Waals surface area (Å²) < 4.78 is 25.8. The van der Waals surface area contributed by atoms with Gasteiger partial charge in [-0.3, -0.25) is 0 Å². The maximum Gasteiger partial charge on any atom is 0.129 e. The molecule has 0 radical (unpaired) electrons. The maximum absolute atomic E-state index is 13.2. The summed E-state index contributed by atoms with van der Waals surface area (Å²) in [6.45, 7) is 0. The van der Waals surface area contributed by atoms with Crippen LogP contribution in [0.15, 0.2) is 36.8 Å². The van der Waals surface area contributed by atoms with Crippen molar-refractivity contribution in [2.75, 3.05) is 0 Å². The Morgan fingerprint density at radius 3 is 2.88 bits per heavy atom. The van der Waals surface area contributed by atoms with Crippen LogP contribution in [0.3, 0.4) is 0 Å². The van der Waals surface area contributed by atoms with E-state index in [1.165, 1.54) is 12.1 Å². The predicted molar refractivity (Wildman–Crippen MR) is 57.7 cm³/mol. The lowest BCUT2D eigenvalue weighted by Crippen LogP contribution is -1.89. The number of hydrogen-bond donors (Lipinski definition) is 1. The van der Waals surface area contributed by atoms with E-state index in [9.17, 15) is 8.78 Å². The molecule has 0 spiro atoms. The molecule has 4 heteroatoms. The first-order valence-corrected chi connectivity index (χ1v) is 4.84. The van der Waals surface area contributed by atoms with Gasteiger partial charge in [-0.05, 0) is 24.1 Å². The van der Waals surface area contributed by atoms with Crippen molar-refractivity contribution in [3.8, 4) is 0 Å². The van der Waals surface area contributed by atoms with Crippen LogP contribution in [-0.4, -0.2) is 9.97 Å². The van der Waals surface area contributed by atoms with Crippen LogP contribution in [0, 0.1) is 11.6 Å². The first-order valence-electron chi connectivity index (χ1n) is 4.84. The second-order valence-corrected chi connectivity index (χ2v) is 3.35. The average molecular weight is 220 g/mol. The highest BCUT2D eigenvalue weighted by Gasteiger charge is 2.01. The molecule has 2 nitrogen and oxygen atoms in total. The van der Waals surface area contributed by atoms with Crippen molar-refractivity contribution in [2.45, 2.75) is 6.42 Å². The highest BCUT2D eigenvalue weighted by Crippen LogP contribution is 2.11. The Morgan fingerprint density at radius 1 is 1.31 bits per heavy atom. The quantitative estimate of drug-likeness (QED) is 0.846. The summed E-state index contributed by atoms with van der Waals surface area (Å²) >= 11 is 0. The van der Waals surface area contributed by atoms with Gasteiger partial charge in [0.15, 0.2) is 0 Å². The summed E-state index contributed by atoms with van der Waals surface area (Å²) in [5.41, 5.74) is 1.32. The number of aromatic amines is 1. The molecule has 1 N–H and O–H groups in total. The average Bonchev–Trinajstić information content (AvgIpc) is 2.74. The first-order chi connectivity index (χ1) is 7.75. The van der Waals surface area contributed by atoms with E-state index in [1.54, 1.807) is 24.7 Å². The number of imidazole rings is 1. The molecule has 0 fully saturated rings. The zero-order valence-electron chi connectivity index (χ0n) is 8.45. The van der Waals surface area contributed by atoms with Crippen molar-refractivity contribution in [3.63, 3.8) is 0 Å². The van der Waals surface area contributed by atoms with Gasteiger partial charge in [0.05, 0.1) is 18.2 Å². The third-order valence-electron chi connectivity index (χ3n) is 2.17. The van der Waals surface area contributed by atoms with Crippen LogP contribution in [0.2, 0.25) is 0 Å². The molecule has 0 aliphatic rings. The van der Waals surface area contributed by atoms with Crippen LogP contribution in [0.25, 0.3) is 6.08 Å². The molecule has 0 aliphatic carbocycles. The molecular weight excluding hydrogens is 210 g/mol. The van der Waals surface area contributed by atoms with Gasteiger partial charge >= 0.3 is 0 Å². The van der Waals surface area contributed by atoms with Crippen LogP contribution >= 0.6 is 0 Å². The van der Waals surface area contributed by atoms with Gasteiger partial charge in [0.2, 0.25) is 0 Å². The fourth-order valence-electron chi connectivity index (χ4n) is 1.36. The van der Waals surface area contributed by atoms with E-state index in [1.807, 2.05) is 0 Å². The van der Waals surface area contributed by atoms with Gasteiger partial charge in [0, 0.05) is 6.07 Å². The lowest BCUT2D eigenvalue weighted by atomic mass is 10.1. The summed E-state index contributed by atoms with van der Waals surface area (Å²) in [6, 6.07) is 3.59. The maximum atomic E-state index is 13.2. The van der Waals surface area contributed by atoms with Gasteiger partial charge < -0.3 is 4.98 Å². The van der Waals surface area contributed by atoms with Crippen molar-refractivity contribution in [2.24, 2.45) is 0 Å². The van der Waals surface area contributed by atoms with Crippen molar-refractivity contribution < 1.29 is 8.78 Å². The van der Waals surface area contributed by atoms with Crippen molar-refractivity contribution in [1.29, 1.82) is 0 Å². The van der Waals surface area contributed by atoms with Crippen LogP contribution in [0.4, 0.5) is 8.78 Å². The highest BCUT2D eigenvalue weighted by molar-refractivity contribution is 5.43. The van der Waals surface area contributed by atoms with E-state index in [0.29, 0.717) is 12.0 Å². The fraction of sp³-hybridized carbons (Fsp3) is 0.0833. The molecule has 16 heavy (non-hydrogen) atoms. The van der Waals surface area contributed by atoms with Gasteiger partial charge in [0.1, 0.15) is 11.6 Å². The number of hydrogen-bond acceptors (Lipinski definition) is 1. The zero-order chi connectivity index (χ0) is 11.4.